The molecule has 4 nitrogen and oxygen atoms in total. The zero-order valence-corrected chi connectivity index (χ0v) is 11.0. The van der Waals surface area contributed by atoms with Crippen molar-refractivity contribution in [3.05, 3.63) is 28.3 Å². The first-order chi connectivity index (χ1) is 8.41. The van der Waals surface area contributed by atoms with E-state index in [0.717, 1.165) is 16.8 Å². The fraction of sp³-hybridized carbons (Fsp3) is 0.385. The Hall–Kier alpha value is -1.55. The lowest BCUT2D eigenvalue weighted by Crippen LogP contribution is -2.34. The summed E-state index contributed by atoms with van der Waals surface area (Å²) in [4.78, 5) is 24.3. The summed E-state index contributed by atoms with van der Waals surface area (Å²) in [5.41, 5.74) is 2.46. The molecule has 0 saturated heterocycles. The molecule has 1 aliphatic heterocycles. The largest absolute Gasteiger partial charge is 0.481 e. The highest BCUT2D eigenvalue weighted by Gasteiger charge is 2.32. The second kappa shape index (κ2) is 4.61. The standard InChI is InChI=1S/C13H14ClNO3/c1-7-10(14)4-3-9-8(6-12(17)18)5-11(16)15(2)13(7)9/h3-4,8H,5-6H2,1-2H3,(H,17,18). The lowest BCUT2D eigenvalue weighted by molar-refractivity contribution is -0.137. The van der Waals surface area contributed by atoms with Gasteiger partial charge >= 0.3 is 5.97 Å². The van der Waals surface area contributed by atoms with Crippen LogP contribution in [0.3, 0.4) is 0 Å². The number of anilines is 1. The molecule has 5 heteroatoms. The van der Waals surface area contributed by atoms with E-state index in [9.17, 15) is 9.59 Å². The highest BCUT2D eigenvalue weighted by molar-refractivity contribution is 6.32. The number of fused-ring (bicyclic) bond motifs is 1. The van der Waals surface area contributed by atoms with Gasteiger partial charge in [-0.3, -0.25) is 9.59 Å². The molecule has 1 N–H and O–H groups in total. The van der Waals surface area contributed by atoms with Crippen LogP contribution in [0.5, 0.6) is 0 Å². The highest BCUT2D eigenvalue weighted by Crippen LogP contribution is 2.41. The molecule has 1 aromatic rings. The van der Waals surface area contributed by atoms with E-state index in [2.05, 4.69) is 0 Å². The van der Waals surface area contributed by atoms with Crippen LogP contribution in [0, 0.1) is 6.92 Å². The van der Waals surface area contributed by atoms with Crippen LogP contribution in [0.2, 0.25) is 5.02 Å². The molecule has 0 bridgehead atoms. The Balaban J connectivity index is 2.55. The quantitative estimate of drug-likeness (QED) is 0.896. The fourth-order valence-corrected chi connectivity index (χ4v) is 2.60. The molecule has 2 rings (SSSR count). The third-order valence-corrected chi connectivity index (χ3v) is 3.80. The monoisotopic (exact) mass is 267 g/mol. The second-order valence-electron chi connectivity index (χ2n) is 4.56. The van der Waals surface area contributed by atoms with E-state index in [4.69, 9.17) is 16.7 Å². The summed E-state index contributed by atoms with van der Waals surface area (Å²) in [6.45, 7) is 1.84. The number of rotatable bonds is 2. The van der Waals surface area contributed by atoms with Crippen molar-refractivity contribution < 1.29 is 14.7 Å². The van der Waals surface area contributed by atoms with Crippen LogP contribution in [0.25, 0.3) is 0 Å². The first-order valence-electron chi connectivity index (χ1n) is 5.69. The zero-order valence-electron chi connectivity index (χ0n) is 10.2. The Kier molecular flexibility index (Phi) is 3.30. The van der Waals surface area contributed by atoms with E-state index in [1.54, 1.807) is 18.0 Å². The molecule has 1 aliphatic rings. The number of hydrogen-bond acceptors (Lipinski definition) is 2. The van der Waals surface area contributed by atoms with E-state index >= 15 is 0 Å². The summed E-state index contributed by atoms with van der Waals surface area (Å²) in [6.07, 6.45) is 0.199. The number of carboxylic acids is 1. The van der Waals surface area contributed by atoms with Crippen molar-refractivity contribution in [3.63, 3.8) is 0 Å². The number of carbonyl (C=O) groups is 2. The SMILES string of the molecule is Cc1c(Cl)ccc2c1N(C)C(=O)CC2CC(=O)O. The molecule has 1 aromatic carbocycles. The van der Waals surface area contributed by atoms with Gasteiger partial charge in [-0.25, -0.2) is 0 Å². The third kappa shape index (κ3) is 2.08. The molecular formula is C13H14ClNO3. The van der Waals surface area contributed by atoms with Crippen molar-refractivity contribution >= 4 is 29.2 Å². The average Bonchev–Trinajstić information content (AvgIpc) is 2.28. The van der Waals surface area contributed by atoms with Crippen molar-refractivity contribution in [3.8, 4) is 0 Å². The highest BCUT2D eigenvalue weighted by atomic mass is 35.5. The van der Waals surface area contributed by atoms with Crippen molar-refractivity contribution in [2.75, 3.05) is 11.9 Å². The van der Waals surface area contributed by atoms with Gasteiger partial charge in [-0.1, -0.05) is 17.7 Å². The molecule has 1 heterocycles. The van der Waals surface area contributed by atoms with Crippen LogP contribution < -0.4 is 4.90 Å². The molecule has 1 amide bonds. The van der Waals surface area contributed by atoms with Gasteiger partial charge in [-0.2, -0.15) is 0 Å². The first-order valence-corrected chi connectivity index (χ1v) is 6.07. The Labute approximate surface area is 110 Å². The molecule has 18 heavy (non-hydrogen) atoms. The van der Waals surface area contributed by atoms with Crippen LogP contribution in [-0.4, -0.2) is 24.0 Å². The maximum Gasteiger partial charge on any atom is 0.303 e. The number of nitrogens with zero attached hydrogens (tertiary/aromatic N) is 1. The molecule has 0 aliphatic carbocycles. The molecule has 0 aromatic heterocycles. The minimum Gasteiger partial charge on any atom is -0.481 e. The summed E-state index contributed by atoms with van der Waals surface area (Å²) < 4.78 is 0. The Morgan fingerprint density at radius 1 is 1.56 bits per heavy atom. The summed E-state index contributed by atoms with van der Waals surface area (Å²) in [7, 11) is 1.70. The van der Waals surface area contributed by atoms with Gasteiger partial charge in [-0.15, -0.1) is 0 Å². The van der Waals surface area contributed by atoms with Crippen LogP contribution in [-0.2, 0) is 9.59 Å². The summed E-state index contributed by atoms with van der Waals surface area (Å²) in [5.74, 6) is -1.23. The van der Waals surface area contributed by atoms with Gasteiger partial charge in [0.25, 0.3) is 0 Å². The Morgan fingerprint density at radius 3 is 2.83 bits per heavy atom. The minimum absolute atomic E-state index is 0.0341. The van der Waals surface area contributed by atoms with Crippen LogP contribution in [0.15, 0.2) is 12.1 Å². The molecule has 96 valence electrons. The average molecular weight is 268 g/mol. The van der Waals surface area contributed by atoms with Crippen molar-refractivity contribution in [1.29, 1.82) is 0 Å². The maximum absolute atomic E-state index is 11.9. The van der Waals surface area contributed by atoms with Crippen LogP contribution in [0.4, 0.5) is 5.69 Å². The minimum atomic E-state index is -0.893. The van der Waals surface area contributed by atoms with E-state index in [1.165, 1.54) is 0 Å². The third-order valence-electron chi connectivity index (χ3n) is 3.39. The van der Waals surface area contributed by atoms with E-state index in [0.29, 0.717) is 5.02 Å². The van der Waals surface area contributed by atoms with E-state index in [1.807, 2.05) is 13.0 Å². The first kappa shape index (κ1) is 12.9. The smallest absolute Gasteiger partial charge is 0.303 e. The predicted molar refractivity (Wildman–Crippen MR) is 69.2 cm³/mol. The number of aliphatic carboxylic acids is 1. The molecule has 0 radical (unpaired) electrons. The normalized spacial score (nSPS) is 18.7. The van der Waals surface area contributed by atoms with E-state index in [-0.39, 0.29) is 24.7 Å². The number of halogens is 1. The number of carbonyl (C=O) groups excluding carboxylic acids is 1. The van der Waals surface area contributed by atoms with E-state index < -0.39 is 5.97 Å². The lowest BCUT2D eigenvalue weighted by atomic mass is 9.86. The summed E-state index contributed by atoms with van der Waals surface area (Å²) in [5, 5.41) is 9.50. The van der Waals surface area contributed by atoms with Gasteiger partial charge in [-0.05, 0) is 24.1 Å². The summed E-state index contributed by atoms with van der Waals surface area (Å²) in [6, 6.07) is 3.58. The topological polar surface area (TPSA) is 57.6 Å². The number of hydrogen-bond donors (Lipinski definition) is 1. The Morgan fingerprint density at radius 2 is 2.22 bits per heavy atom. The van der Waals surface area contributed by atoms with Crippen molar-refractivity contribution in [2.24, 2.45) is 0 Å². The zero-order chi connectivity index (χ0) is 13.4. The summed E-state index contributed by atoms with van der Waals surface area (Å²) >= 11 is 6.06. The molecule has 0 spiro atoms. The van der Waals surface area contributed by atoms with Gasteiger partial charge in [0.1, 0.15) is 0 Å². The Bertz CT molecular complexity index is 527. The lowest BCUT2D eigenvalue weighted by Gasteiger charge is -2.32. The molecular weight excluding hydrogens is 254 g/mol. The van der Waals surface area contributed by atoms with Gasteiger partial charge < -0.3 is 10.0 Å². The molecule has 1 atom stereocenters. The number of amides is 1. The number of carboxylic acid groups (broad SMARTS) is 1. The van der Waals surface area contributed by atoms with Gasteiger partial charge in [0, 0.05) is 24.4 Å². The van der Waals surface area contributed by atoms with Gasteiger partial charge in [0.15, 0.2) is 0 Å². The second-order valence-corrected chi connectivity index (χ2v) is 4.97. The fourth-order valence-electron chi connectivity index (χ4n) is 2.45. The van der Waals surface area contributed by atoms with Crippen LogP contribution in [0.1, 0.15) is 29.9 Å². The molecule has 0 fully saturated rings. The van der Waals surface area contributed by atoms with Gasteiger partial charge in [0.05, 0.1) is 12.1 Å². The molecule has 0 saturated carbocycles. The molecule has 1 unspecified atom stereocenters. The van der Waals surface area contributed by atoms with Gasteiger partial charge in [0.2, 0.25) is 5.91 Å². The number of benzene rings is 1. The van der Waals surface area contributed by atoms with Crippen molar-refractivity contribution in [1.82, 2.24) is 0 Å². The predicted octanol–water partition coefficient (Wildman–Crippen LogP) is 2.57. The van der Waals surface area contributed by atoms with Crippen LogP contribution >= 0.6 is 11.6 Å². The van der Waals surface area contributed by atoms with Crippen molar-refractivity contribution in [2.45, 2.75) is 25.7 Å². The maximum atomic E-state index is 11.9.